The maximum atomic E-state index is 12.4. The first kappa shape index (κ1) is 14.4. The first-order valence-corrected chi connectivity index (χ1v) is 5.81. The van der Waals surface area contributed by atoms with Crippen LogP contribution in [0.1, 0.15) is 22.9 Å². The molecule has 2 aromatic rings. The Morgan fingerprint density at radius 2 is 1.90 bits per heavy atom. The molecule has 0 saturated heterocycles. The van der Waals surface area contributed by atoms with Gasteiger partial charge in [-0.05, 0) is 13.0 Å². The number of aliphatic hydroxyl groups is 1. The van der Waals surface area contributed by atoms with Gasteiger partial charge in [-0.15, -0.1) is 13.2 Å². The van der Waals surface area contributed by atoms with Gasteiger partial charge < -0.3 is 9.84 Å². The van der Waals surface area contributed by atoms with E-state index in [2.05, 4.69) is 9.84 Å². The van der Waals surface area contributed by atoms with Crippen LogP contribution in [0.25, 0.3) is 0 Å². The van der Waals surface area contributed by atoms with E-state index in [4.69, 9.17) is 0 Å². The number of nitrogens with zero attached hydrogens (tertiary/aromatic N) is 2. The van der Waals surface area contributed by atoms with Gasteiger partial charge in [-0.25, -0.2) is 0 Å². The zero-order valence-electron chi connectivity index (χ0n) is 10.8. The highest BCUT2D eigenvalue weighted by atomic mass is 19.4. The van der Waals surface area contributed by atoms with Crippen molar-refractivity contribution in [3.05, 3.63) is 47.3 Å². The molecular weight excluding hydrogens is 273 g/mol. The second-order valence-corrected chi connectivity index (χ2v) is 4.30. The summed E-state index contributed by atoms with van der Waals surface area (Å²) in [7, 11) is 1.68. The van der Waals surface area contributed by atoms with Crippen molar-refractivity contribution in [2.75, 3.05) is 0 Å². The Kier molecular flexibility index (Phi) is 3.71. The average Bonchev–Trinajstić information content (AvgIpc) is 2.68. The normalized spacial score (nSPS) is 13.3. The van der Waals surface area contributed by atoms with E-state index in [1.165, 1.54) is 29.1 Å². The Bertz CT molecular complexity index is 608. The fourth-order valence-corrected chi connectivity index (χ4v) is 1.88. The molecule has 0 radical (unpaired) electrons. The number of aliphatic hydroxyl groups excluding tert-OH is 1. The molecule has 0 aliphatic rings. The molecule has 1 heterocycles. The van der Waals surface area contributed by atoms with E-state index in [0.29, 0.717) is 11.3 Å². The fraction of sp³-hybridized carbons (Fsp3) is 0.308. The van der Waals surface area contributed by atoms with Gasteiger partial charge >= 0.3 is 6.36 Å². The maximum Gasteiger partial charge on any atom is 0.573 e. The molecule has 1 N–H and O–H groups in total. The number of rotatable bonds is 3. The van der Waals surface area contributed by atoms with Gasteiger partial charge in [-0.3, -0.25) is 4.68 Å². The first-order valence-electron chi connectivity index (χ1n) is 5.81. The largest absolute Gasteiger partial charge is 0.573 e. The van der Waals surface area contributed by atoms with Crippen molar-refractivity contribution in [3.8, 4) is 5.75 Å². The van der Waals surface area contributed by atoms with E-state index in [1.54, 1.807) is 14.0 Å². The summed E-state index contributed by atoms with van der Waals surface area (Å²) in [6.45, 7) is 1.72. The number of hydrogen-bond donors (Lipinski definition) is 1. The zero-order chi connectivity index (χ0) is 14.9. The van der Waals surface area contributed by atoms with Crippen LogP contribution in [0.4, 0.5) is 13.2 Å². The van der Waals surface area contributed by atoms with Gasteiger partial charge in [0.15, 0.2) is 0 Å². The molecule has 108 valence electrons. The smallest absolute Gasteiger partial charge is 0.405 e. The van der Waals surface area contributed by atoms with Gasteiger partial charge in [0.05, 0.1) is 6.20 Å². The molecule has 4 nitrogen and oxygen atoms in total. The molecule has 0 spiro atoms. The molecule has 1 aromatic heterocycles. The number of aryl methyl sites for hydroxylation is 1. The molecule has 7 heteroatoms. The van der Waals surface area contributed by atoms with E-state index < -0.39 is 18.2 Å². The number of ether oxygens (including phenoxy) is 1. The predicted molar refractivity (Wildman–Crippen MR) is 65.1 cm³/mol. The molecule has 1 atom stereocenters. The van der Waals surface area contributed by atoms with E-state index in [-0.39, 0.29) is 5.56 Å². The van der Waals surface area contributed by atoms with Crippen LogP contribution in [-0.4, -0.2) is 21.2 Å². The van der Waals surface area contributed by atoms with Crippen LogP contribution in [0, 0.1) is 6.92 Å². The summed E-state index contributed by atoms with van der Waals surface area (Å²) < 4.78 is 42.5. The third-order valence-electron chi connectivity index (χ3n) is 3.01. The zero-order valence-corrected chi connectivity index (χ0v) is 10.8. The molecule has 0 amide bonds. The molecule has 0 fully saturated rings. The first-order chi connectivity index (χ1) is 9.29. The number of benzene rings is 1. The summed E-state index contributed by atoms with van der Waals surface area (Å²) in [6.07, 6.45) is -4.62. The van der Waals surface area contributed by atoms with Gasteiger partial charge in [0.25, 0.3) is 0 Å². The van der Waals surface area contributed by atoms with Crippen LogP contribution >= 0.6 is 0 Å². The monoisotopic (exact) mass is 286 g/mol. The summed E-state index contributed by atoms with van der Waals surface area (Å²) in [5.41, 5.74) is 1.14. The molecule has 1 unspecified atom stereocenters. The summed E-state index contributed by atoms with van der Waals surface area (Å²) in [5, 5.41) is 14.2. The molecule has 0 bridgehead atoms. The van der Waals surface area contributed by atoms with Gasteiger partial charge in [-0.1, -0.05) is 18.2 Å². The number of aromatic nitrogens is 2. The van der Waals surface area contributed by atoms with Crippen LogP contribution in [0.3, 0.4) is 0 Å². The Labute approximate surface area is 113 Å². The van der Waals surface area contributed by atoms with Crippen LogP contribution in [0.15, 0.2) is 30.5 Å². The quantitative estimate of drug-likeness (QED) is 0.943. The summed E-state index contributed by atoms with van der Waals surface area (Å²) >= 11 is 0. The minimum atomic E-state index is -4.81. The topological polar surface area (TPSA) is 47.3 Å². The van der Waals surface area contributed by atoms with Crippen LogP contribution in [0.5, 0.6) is 5.75 Å². The van der Waals surface area contributed by atoms with E-state index in [9.17, 15) is 18.3 Å². The second-order valence-electron chi connectivity index (χ2n) is 4.30. The number of halogens is 3. The van der Waals surface area contributed by atoms with E-state index in [1.807, 2.05) is 0 Å². The van der Waals surface area contributed by atoms with Gasteiger partial charge in [-0.2, -0.15) is 5.10 Å². The van der Waals surface area contributed by atoms with Crippen molar-refractivity contribution in [2.45, 2.75) is 19.4 Å². The molecule has 0 aliphatic heterocycles. The third kappa shape index (κ3) is 2.93. The molecule has 0 aliphatic carbocycles. The SMILES string of the molecule is Cc1c(C(O)c2ccccc2OC(F)(F)F)cnn1C. The predicted octanol–water partition coefficient (Wildman–Crippen LogP) is 2.71. The van der Waals surface area contributed by atoms with Crippen LogP contribution < -0.4 is 4.74 Å². The highest BCUT2D eigenvalue weighted by molar-refractivity contribution is 5.40. The van der Waals surface area contributed by atoms with Crippen LogP contribution in [-0.2, 0) is 7.05 Å². The molecular formula is C13H13F3N2O2. The standard InChI is InChI=1S/C13H13F3N2O2/c1-8-10(7-17-18(8)2)12(19)9-5-3-4-6-11(9)20-13(14,15)16/h3-7,12,19H,1-2H3. The number of alkyl halides is 3. The van der Waals surface area contributed by atoms with Gasteiger partial charge in [0.2, 0.25) is 0 Å². The Hall–Kier alpha value is -2.02. The molecule has 0 saturated carbocycles. The van der Waals surface area contributed by atoms with E-state index >= 15 is 0 Å². The van der Waals surface area contributed by atoms with Gasteiger partial charge in [0.1, 0.15) is 11.9 Å². The van der Waals surface area contributed by atoms with Crippen molar-refractivity contribution < 1.29 is 23.0 Å². The minimum Gasteiger partial charge on any atom is -0.405 e. The summed E-state index contributed by atoms with van der Waals surface area (Å²) in [6, 6.07) is 5.50. The molecule has 1 aromatic carbocycles. The lowest BCUT2D eigenvalue weighted by Crippen LogP contribution is -2.19. The average molecular weight is 286 g/mol. The van der Waals surface area contributed by atoms with Crippen molar-refractivity contribution in [3.63, 3.8) is 0 Å². The second kappa shape index (κ2) is 5.16. The lowest BCUT2D eigenvalue weighted by atomic mass is 10.0. The Morgan fingerprint density at radius 3 is 2.45 bits per heavy atom. The highest BCUT2D eigenvalue weighted by Gasteiger charge is 2.33. The van der Waals surface area contributed by atoms with Crippen molar-refractivity contribution >= 4 is 0 Å². The number of hydrogen-bond acceptors (Lipinski definition) is 3. The van der Waals surface area contributed by atoms with Crippen LogP contribution in [0.2, 0.25) is 0 Å². The lowest BCUT2D eigenvalue weighted by Gasteiger charge is -2.17. The van der Waals surface area contributed by atoms with Crippen molar-refractivity contribution in [1.29, 1.82) is 0 Å². The van der Waals surface area contributed by atoms with Gasteiger partial charge in [0, 0.05) is 23.9 Å². The minimum absolute atomic E-state index is 0.0425. The van der Waals surface area contributed by atoms with E-state index in [0.717, 1.165) is 6.07 Å². The fourth-order valence-electron chi connectivity index (χ4n) is 1.88. The molecule has 2 rings (SSSR count). The summed E-state index contributed by atoms with van der Waals surface area (Å²) in [4.78, 5) is 0. The van der Waals surface area contributed by atoms with Crippen molar-refractivity contribution in [1.82, 2.24) is 9.78 Å². The highest BCUT2D eigenvalue weighted by Crippen LogP contribution is 2.34. The maximum absolute atomic E-state index is 12.4. The molecule has 20 heavy (non-hydrogen) atoms. The third-order valence-corrected chi connectivity index (χ3v) is 3.01. The summed E-state index contributed by atoms with van der Waals surface area (Å²) in [5.74, 6) is -0.421. The van der Waals surface area contributed by atoms with Crippen molar-refractivity contribution in [2.24, 2.45) is 7.05 Å². The number of para-hydroxylation sites is 1. The lowest BCUT2D eigenvalue weighted by molar-refractivity contribution is -0.275. The Balaban J connectivity index is 2.40. The Morgan fingerprint density at radius 1 is 1.25 bits per heavy atom.